The fourth-order valence-corrected chi connectivity index (χ4v) is 3.94. The molecule has 0 saturated carbocycles. The average Bonchev–Trinajstić information content (AvgIpc) is 2.63. The zero-order valence-corrected chi connectivity index (χ0v) is 17.1. The number of nitrogens with one attached hydrogen (secondary N) is 2. The highest BCUT2D eigenvalue weighted by Crippen LogP contribution is 2.25. The van der Waals surface area contributed by atoms with Crippen LogP contribution in [0.2, 0.25) is 10.0 Å². The minimum Gasteiger partial charge on any atom is -0.322 e. The van der Waals surface area contributed by atoms with Crippen molar-refractivity contribution in [2.45, 2.75) is 11.8 Å². The quantitative estimate of drug-likeness (QED) is 0.567. The highest BCUT2D eigenvalue weighted by Gasteiger charge is 2.17. The number of amides is 1. The first-order valence-electron chi connectivity index (χ1n) is 8.21. The topological polar surface area (TPSA) is 75.3 Å². The van der Waals surface area contributed by atoms with E-state index in [1.54, 1.807) is 6.07 Å². The highest BCUT2D eigenvalue weighted by atomic mass is 35.5. The molecule has 2 N–H and O–H groups in total. The van der Waals surface area contributed by atoms with E-state index in [0.717, 1.165) is 5.56 Å². The zero-order valence-electron chi connectivity index (χ0n) is 14.7. The van der Waals surface area contributed by atoms with Crippen molar-refractivity contribution in [1.29, 1.82) is 0 Å². The molecule has 0 aliphatic rings. The molecule has 0 saturated heterocycles. The van der Waals surface area contributed by atoms with Crippen LogP contribution >= 0.6 is 23.2 Å². The van der Waals surface area contributed by atoms with Crippen LogP contribution < -0.4 is 10.0 Å². The van der Waals surface area contributed by atoms with Crippen LogP contribution in [-0.4, -0.2) is 14.3 Å². The summed E-state index contributed by atoms with van der Waals surface area (Å²) in [6.07, 6.45) is 0. The fourth-order valence-electron chi connectivity index (χ4n) is 2.49. The Hall–Kier alpha value is -2.54. The first kappa shape index (κ1) is 20.2. The third-order valence-corrected chi connectivity index (χ3v) is 5.95. The van der Waals surface area contributed by atoms with Gasteiger partial charge in [0.1, 0.15) is 0 Å². The van der Waals surface area contributed by atoms with Crippen molar-refractivity contribution in [2.75, 3.05) is 10.0 Å². The Morgan fingerprint density at radius 1 is 0.929 bits per heavy atom. The molecular formula is C20H16Cl2N2O3S. The lowest BCUT2D eigenvalue weighted by Crippen LogP contribution is -2.15. The van der Waals surface area contributed by atoms with Gasteiger partial charge in [0.15, 0.2) is 0 Å². The number of halogens is 2. The fraction of sp³-hybridized carbons (Fsp3) is 0.0500. The van der Waals surface area contributed by atoms with Crippen molar-refractivity contribution in [3.8, 4) is 0 Å². The summed E-state index contributed by atoms with van der Waals surface area (Å²) in [7, 11) is -3.80. The van der Waals surface area contributed by atoms with Crippen LogP contribution in [0.3, 0.4) is 0 Å². The van der Waals surface area contributed by atoms with Crippen molar-refractivity contribution in [3.63, 3.8) is 0 Å². The second-order valence-corrected chi connectivity index (χ2v) is 8.55. The van der Waals surface area contributed by atoms with Crippen LogP contribution in [0.5, 0.6) is 0 Å². The first-order valence-corrected chi connectivity index (χ1v) is 10.4. The van der Waals surface area contributed by atoms with Gasteiger partial charge in [-0.3, -0.25) is 9.52 Å². The molecule has 5 nitrogen and oxygen atoms in total. The van der Waals surface area contributed by atoms with Crippen molar-refractivity contribution in [3.05, 3.63) is 87.9 Å². The summed E-state index contributed by atoms with van der Waals surface area (Å²) in [6.45, 7) is 1.88. The number of benzene rings is 3. The standard InChI is InChI=1S/C20H16Cl2N2O3S/c1-13-4-2-3-5-19(13)23-20(25)17-11-8-15(12-18(17)22)24-28(26,27)16-9-6-14(21)7-10-16/h2-12,24H,1H3,(H,23,25). The normalized spacial score (nSPS) is 11.1. The molecule has 3 rings (SSSR count). The van der Waals surface area contributed by atoms with Crippen LogP contribution in [0, 0.1) is 6.92 Å². The molecule has 0 unspecified atom stereocenters. The minimum absolute atomic E-state index is 0.0643. The van der Waals surface area contributed by atoms with E-state index in [2.05, 4.69) is 10.0 Å². The Labute approximate surface area is 173 Å². The predicted octanol–water partition coefficient (Wildman–Crippen LogP) is 5.35. The number of anilines is 2. The Morgan fingerprint density at radius 3 is 2.25 bits per heavy atom. The Kier molecular flexibility index (Phi) is 5.93. The summed E-state index contributed by atoms with van der Waals surface area (Å²) < 4.78 is 27.3. The largest absolute Gasteiger partial charge is 0.322 e. The predicted molar refractivity (Wildman–Crippen MR) is 113 cm³/mol. The summed E-state index contributed by atoms with van der Waals surface area (Å²) in [5.74, 6) is -0.383. The molecule has 144 valence electrons. The van der Waals surface area contributed by atoms with Gasteiger partial charge in [-0.05, 0) is 61.0 Å². The van der Waals surface area contributed by atoms with E-state index in [1.807, 2.05) is 25.1 Å². The van der Waals surface area contributed by atoms with E-state index in [-0.39, 0.29) is 27.1 Å². The number of carbonyl (C=O) groups is 1. The third kappa shape index (κ3) is 4.65. The summed E-state index contributed by atoms with van der Waals surface area (Å²) in [6, 6.07) is 17.5. The van der Waals surface area contributed by atoms with Gasteiger partial charge in [0.25, 0.3) is 15.9 Å². The average molecular weight is 435 g/mol. The van der Waals surface area contributed by atoms with E-state index >= 15 is 0 Å². The van der Waals surface area contributed by atoms with Gasteiger partial charge in [0.2, 0.25) is 0 Å². The summed E-state index contributed by atoms with van der Waals surface area (Å²) >= 11 is 12.0. The smallest absolute Gasteiger partial charge is 0.261 e. The number of rotatable bonds is 5. The van der Waals surface area contributed by atoms with Crippen molar-refractivity contribution < 1.29 is 13.2 Å². The maximum atomic E-state index is 12.5. The molecule has 0 fully saturated rings. The Morgan fingerprint density at radius 2 is 1.61 bits per heavy atom. The molecule has 0 radical (unpaired) electrons. The molecule has 0 heterocycles. The number of hydrogen-bond donors (Lipinski definition) is 2. The molecule has 3 aromatic rings. The maximum Gasteiger partial charge on any atom is 0.261 e. The van der Waals surface area contributed by atoms with E-state index in [4.69, 9.17) is 23.2 Å². The van der Waals surface area contributed by atoms with Gasteiger partial charge in [-0.1, -0.05) is 41.4 Å². The lowest BCUT2D eigenvalue weighted by molar-refractivity contribution is 0.102. The highest BCUT2D eigenvalue weighted by molar-refractivity contribution is 7.92. The molecule has 0 aliphatic heterocycles. The van der Waals surface area contributed by atoms with Gasteiger partial charge >= 0.3 is 0 Å². The van der Waals surface area contributed by atoms with Gasteiger partial charge in [0, 0.05) is 10.7 Å². The Balaban J connectivity index is 1.79. The van der Waals surface area contributed by atoms with Crippen molar-refractivity contribution in [1.82, 2.24) is 0 Å². The Bertz CT molecular complexity index is 1130. The number of carbonyl (C=O) groups excluding carboxylic acids is 1. The summed E-state index contributed by atoms with van der Waals surface area (Å²) in [4.78, 5) is 12.6. The zero-order chi connectivity index (χ0) is 20.3. The number of aryl methyl sites for hydroxylation is 1. The van der Waals surface area contributed by atoms with E-state index in [1.165, 1.54) is 42.5 Å². The molecular weight excluding hydrogens is 419 g/mol. The molecule has 0 atom stereocenters. The van der Waals surface area contributed by atoms with Crippen LogP contribution in [0.25, 0.3) is 0 Å². The van der Waals surface area contributed by atoms with Crippen molar-refractivity contribution in [2.24, 2.45) is 0 Å². The third-order valence-electron chi connectivity index (χ3n) is 3.98. The van der Waals surface area contributed by atoms with E-state index in [0.29, 0.717) is 10.7 Å². The maximum absolute atomic E-state index is 12.5. The van der Waals surface area contributed by atoms with Crippen LogP contribution in [0.4, 0.5) is 11.4 Å². The lowest BCUT2D eigenvalue weighted by atomic mass is 10.1. The second-order valence-electron chi connectivity index (χ2n) is 6.02. The number of sulfonamides is 1. The molecule has 1 amide bonds. The number of hydrogen-bond acceptors (Lipinski definition) is 3. The van der Waals surface area contributed by atoms with Gasteiger partial charge in [0.05, 0.1) is 21.2 Å². The van der Waals surface area contributed by atoms with Crippen LogP contribution in [-0.2, 0) is 10.0 Å². The van der Waals surface area contributed by atoms with Gasteiger partial charge in [-0.15, -0.1) is 0 Å². The van der Waals surface area contributed by atoms with Crippen LogP contribution in [0.1, 0.15) is 15.9 Å². The van der Waals surface area contributed by atoms with E-state index < -0.39 is 10.0 Å². The SMILES string of the molecule is Cc1ccccc1NC(=O)c1ccc(NS(=O)(=O)c2ccc(Cl)cc2)cc1Cl. The summed E-state index contributed by atoms with van der Waals surface area (Å²) in [5.41, 5.74) is 2.07. The van der Waals surface area contributed by atoms with Crippen molar-refractivity contribution >= 4 is 50.5 Å². The lowest BCUT2D eigenvalue weighted by Gasteiger charge is -2.12. The second kappa shape index (κ2) is 8.22. The molecule has 0 aliphatic carbocycles. The van der Waals surface area contributed by atoms with Crippen LogP contribution in [0.15, 0.2) is 71.6 Å². The first-order chi connectivity index (χ1) is 13.3. The minimum atomic E-state index is -3.80. The van der Waals surface area contributed by atoms with Gasteiger partial charge < -0.3 is 5.32 Å². The number of para-hydroxylation sites is 1. The van der Waals surface area contributed by atoms with Gasteiger partial charge in [-0.25, -0.2) is 8.42 Å². The molecule has 0 spiro atoms. The summed E-state index contributed by atoms with van der Waals surface area (Å²) in [5, 5.41) is 3.35. The molecule has 0 bridgehead atoms. The monoisotopic (exact) mass is 434 g/mol. The molecule has 0 aromatic heterocycles. The molecule has 28 heavy (non-hydrogen) atoms. The van der Waals surface area contributed by atoms with E-state index in [9.17, 15) is 13.2 Å². The molecule has 8 heteroatoms. The van der Waals surface area contributed by atoms with Gasteiger partial charge in [-0.2, -0.15) is 0 Å². The molecule has 3 aromatic carbocycles.